The number of nitrogens with zero attached hydrogens (tertiary/aromatic N) is 1. The molecule has 0 bridgehead atoms. The molecule has 20 heavy (non-hydrogen) atoms. The third-order valence-electron chi connectivity index (χ3n) is 3.44. The van der Waals surface area contributed by atoms with E-state index < -0.39 is 0 Å². The lowest BCUT2D eigenvalue weighted by Gasteiger charge is -2.35. The van der Waals surface area contributed by atoms with Gasteiger partial charge in [0.25, 0.3) is 0 Å². The van der Waals surface area contributed by atoms with Crippen molar-refractivity contribution in [1.82, 2.24) is 4.90 Å². The zero-order valence-corrected chi connectivity index (χ0v) is 14.1. The summed E-state index contributed by atoms with van der Waals surface area (Å²) in [5.74, 6) is 1.51. The molecule has 2 atom stereocenters. The smallest absolute Gasteiger partial charge is 0.161 e. The Labute approximate surface area is 129 Å². The van der Waals surface area contributed by atoms with Crippen LogP contribution in [0.4, 0.5) is 0 Å². The molecule has 2 rings (SSSR count). The lowest BCUT2D eigenvalue weighted by molar-refractivity contribution is -0.0705. The third-order valence-corrected chi connectivity index (χ3v) is 4.18. The first-order valence-corrected chi connectivity index (χ1v) is 7.61. The number of hydrogen-bond donors (Lipinski definition) is 0. The first-order valence-electron chi connectivity index (χ1n) is 6.81. The van der Waals surface area contributed by atoms with Gasteiger partial charge in [0.2, 0.25) is 0 Å². The molecule has 0 aromatic heterocycles. The minimum atomic E-state index is 0.276. The summed E-state index contributed by atoms with van der Waals surface area (Å²) >= 11 is 3.61. The zero-order valence-electron chi connectivity index (χ0n) is 12.5. The molecule has 0 spiro atoms. The number of ether oxygens (including phenoxy) is 3. The average Bonchev–Trinajstić information content (AvgIpc) is 2.39. The van der Waals surface area contributed by atoms with E-state index in [-0.39, 0.29) is 12.2 Å². The standard InChI is InChI=1S/C15H22BrNO3/c1-10-7-17(8-11(2)20-10)9-12-5-14(18-3)15(19-4)6-13(12)16/h5-6,10-11H,7-9H2,1-4H3/t10-,11+. The molecule has 0 aliphatic carbocycles. The molecule has 1 aliphatic rings. The number of rotatable bonds is 4. The fourth-order valence-electron chi connectivity index (χ4n) is 2.67. The zero-order chi connectivity index (χ0) is 14.7. The highest BCUT2D eigenvalue weighted by Crippen LogP contribution is 2.34. The second-order valence-electron chi connectivity index (χ2n) is 5.25. The molecule has 1 fully saturated rings. The Bertz CT molecular complexity index is 457. The SMILES string of the molecule is COc1cc(Br)c(CN2C[C@@H](C)O[C@@H](C)C2)cc1OC. The molecular formula is C15H22BrNO3. The summed E-state index contributed by atoms with van der Waals surface area (Å²) in [6.07, 6.45) is 0.551. The van der Waals surface area contributed by atoms with Crippen LogP contribution in [-0.2, 0) is 11.3 Å². The first kappa shape index (κ1) is 15.6. The Hall–Kier alpha value is -0.780. The van der Waals surface area contributed by atoms with Crippen molar-refractivity contribution in [3.05, 3.63) is 22.2 Å². The van der Waals surface area contributed by atoms with Crippen LogP contribution in [0.15, 0.2) is 16.6 Å². The molecule has 1 heterocycles. The van der Waals surface area contributed by atoms with E-state index in [0.29, 0.717) is 0 Å². The van der Waals surface area contributed by atoms with Crippen LogP contribution in [0, 0.1) is 0 Å². The van der Waals surface area contributed by atoms with Gasteiger partial charge in [0.05, 0.1) is 26.4 Å². The molecule has 1 saturated heterocycles. The molecule has 0 N–H and O–H groups in total. The molecule has 0 unspecified atom stereocenters. The van der Waals surface area contributed by atoms with Crippen molar-refractivity contribution in [3.63, 3.8) is 0 Å². The van der Waals surface area contributed by atoms with Crippen LogP contribution in [-0.4, -0.2) is 44.4 Å². The molecule has 4 nitrogen and oxygen atoms in total. The van der Waals surface area contributed by atoms with Crippen molar-refractivity contribution in [2.24, 2.45) is 0 Å². The van der Waals surface area contributed by atoms with Crippen molar-refractivity contribution in [2.45, 2.75) is 32.6 Å². The van der Waals surface area contributed by atoms with Crippen molar-refractivity contribution in [1.29, 1.82) is 0 Å². The minimum absolute atomic E-state index is 0.276. The Morgan fingerprint density at radius 1 is 1.15 bits per heavy atom. The molecule has 0 radical (unpaired) electrons. The largest absolute Gasteiger partial charge is 0.493 e. The van der Waals surface area contributed by atoms with Crippen LogP contribution in [0.25, 0.3) is 0 Å². The summed E-state index contributed by atoms with van der Waals surface area (Å²) in [5, 5.41) is 0. The van der Waals surface area contributed by atoms with Crippen LogP contribution in [0.1, 0.15) is 19.4 Å². The summed E-state index contributed by atoms with van der Waals surface area (Å²) in [4.78, 5) is 2.41. The van der Waals surface area contributed by atoms with Crippen LogP contribution < -0.4 is 9.47 Å². The Kier molecular flexibility index (Phi) is 5.29. The van der Waals surface area contributed by atoms with Gasteiger partial charge in [-0.1, -0.05) is 15.9 Å². The van der Waals surface area contributed by atoms with Gasteiger partial charge in [-0.05, 0) is 31.5 Å². The van der Waals surface area contributed by atoms with Crippen molar-refractivity contribution in [3.8, 4) is 11.5 Å². The Balaban J connectivity index is 2.16. The van der Waals surface area contributed by atoms with Gasteiger partial charge < -0.3 is 14.2 Å². The normalized spacial score (nSPS) is 23.6. The van der Waals surface area contributed by atoms with Crippen LogP contribution in [0.2, 0.25) is 0 Å². The topological polar surface area (TPSA) is 30.9 Å². The molecule has 5 heteroatoms. The fourth-order valence-corrected chi connectivity index (χ4v) is 3.12. The average molecular weight is 344 g/mol. The van der Waals surface area contributed by atoms with Crippen molar-refractivity contribution >= 4 is 15.9 Å². The minimum Gasteiger partial charge on any atom is -0.493 e. The molecular weight excluding hydrogens is 322 g/mol. The quantitative estimate of drug-likeness (QED) is 0.840. The van der Waals surface area contributed by atoms with Gasteiger partial charge in [-0.3, -0.25) is 4.90 Å². The lowest BCUT2D eigenvalue weighted by atomic mass is 10.1. The van der Waals surface area contributed by atoms with Gasteiger partial charge in [-0.15, -0.1) is 0 Å². The molecule has 1 aromatic rings. The van der Waals surface area contributed by atoms with Crippen LogP contribution >= 0.6 is 15.9 Å². The summed E-state index contributed by atoms with van der Waals surface area (Å²) in [6, 6.07) is 4.00. The highest BCUT2D eigenvalue weighted by molar-refractivity contribution is 9.10. The fraction of sp³-hybridized carbons (Fsp3) is 0.600. The van der Waals surface area contributed by atoms with E-state index in [1.165, 1.54) is 5.56 Å². The van der Waals surface area contributed by atoms with Gasteiger partial charge in [0.1, 0.15) is 0 Å². The highest BCUT2D eigenvalue weighted by atomic mass is 79.9. The molecule has 1 aromatic carbocycles. The lowest BCUT2D eigenvalue weighted by Crippen LogP contribution is -2.44. The van der Waals surface area contributed by atoms with Crippen molar-refractivity contribution < 1.29 is 14.2 Å². The maximum absolute atomic E-state index is 5.77. The molecule has 1 aliphatic heterocycles. The van der Waals surface area contributed by atoms with Gasteiger partial charge in [-0.25, -0.2) is 0 Å². The van der Waals surface area contributed by atoms with E-state index in [4.69, 9.17) is 14.2 Å². The number of benzene rings is 1. The first-order chi connectivity index (χ1) is 9.53. The number of methoxy groups -OCH3 is 2. The second-order valence-corrected chi connectivity index (χ2v) is 6.10. The van der Waals surface area contributed by atoms with Crippen LogP contribution in [0.3, 0.4) is 0 Å². The Morgan fingerprint density at radius 3 is 2.25 bits per heavy atom. The van der Waals surface area contributed by atoms with E-state index in [0.717, 1.165) is 35.6 Å². The highest BCUT2D eigenvalue weighted by Gasteiger charge is 2.23. The monoisotopic (exact) mass is 343 g/mol. The second kappa shape index (κ2) is 6.78. The van der Waals surface area contributed by atoms with E-state index in [1.807, 2.05) is 12.1 Å². The van der Waals surface area contributed by atoms with E-state index in [2.05, 4.69) is 34.7 Å². The summed E-state index contributed by atoms with van der Waals surface area (Å²) in [6.45, 7) is 7.01. The summed E-state index contributed by atoms with van der Waals surface area (Å²) in [5.41, 5.74) is 1.20. The maximum Gasteiger partial charge on any atom is 0.161 e. The van der Waals surface area contributed by atoms with Gasteiger partial charge in [-0.2, -0.15) is 0 Å². The van der Waals surface area contributed by atoms with E-state index in [1.54, 1.807) is 14.2 Å². The molecule has 112 valence electrons. The molecule has 0 saturated carbocycles. The van der Waals surface area contributed by atoms with Crippen LogP contribution in [0.5, 0.6) is 11.5 Å². The third kappa shape index (κ3) is 3.65. The van der Waals surface area contributed by atoms with Crippen molar-refractivity contribution in [2.75, 3.05) is 27.3 Å². The summed E-state index contributed by atoms with van der Waals surface area (Å²) in [7, 11) is 3.31. The van der Waals surface area contributed by atoms with Gasteiger partial charge in [0, 0.05) is 24.1 Å². The molecule has 0 amide bonds. The summed E-state index contributed by atoms with van der Waals surface area (Å²) < 4.78 is 17.5. The van der Waals surface area contributed by atoms with E-state index >= 15 is 0 Å². The van der Waals surface area contributed by atoms with Gasteiger partial charge >= 0.3 is 0 Å². The van der Waals surface area contributed by atoms with E-state index in [9.17, 15) is 0 Å². The maximum atomic E-state index is 5.77. The number of morpholine rings is 1. The van der Waals surface area contributed by atoms with Gasteiger partial charge in [0.15, 0.2) is 11.5 Å². The number of halogens is 1. The predicted octanol–water partition coefficient (Wildman–Crippen LogP) is 3.08. The Morgan fingerprint density at radius 2 is 1.70 bits per heavy atom. The predicted molar refractivity (Wildman–Crippen MR) is 82.5 cm³/mol. The number of hydrogen-bond acceptors (Lipinski definition) is 4.